The Balaban J connectivity index is 2.32. The first-order valence-corrected chi connectivity index (χ1v) is 6.80. The van der Waals surface area contributed by atoms with Crippen molar-refractivity contribution in [3.05, 3.63) is 34.3 Å². The zero-order valence-electron chi connectivity index (χ0n) is 10.00. The normalized spacial score (nSPS) is 15.0. The number of H-pyrrole nitrogens is 1. The Morgan fingerprint density at radius 3 is 2.94 bits per heavy atom. The van der Waals surface area contributed by atoms with Gasteiger partial charge in [0.15, 0.2) is 5.58 Å². The van der Waals surface area contributed by atoms with Gasteiger partial charge in [0.25, 0.3) is 0 Å². The van der Waals surface area contributed by atoms with E-state index in [2.05, 4.69) is 34.8 Å². The van der Waals surface area contributed by atoms with Crippen LogP contribution < -0.4 is 5.76 Å². The van der Waals surface area contributed by atoms with E-state index in [1.807, 2.05) is 18.2 Å². The van der Waals surface area contributed by atoms with Gasteiger partial charge in [-0.05, 0) is 30.0 Å². The number of halogens is 1. The van der Waals surface area contributed by atoms with Gasteiger partial charge in [0.05, 0.1) is 5.52 Å². The number of benzene rings is 1. The minimum atomic E-state index is -0.398. The van der Waals surface area contributed by atoms with Gasteiger partial charge in [-0.3, -0.25) is 4.98 Å². The fourth-order valence-electron chi connectivity index (χ4n) is 2.06. The Kier molecular flexibility index (Phi) is 3.72. The number of hydrogen-bond donors (Lipinski definition) is 1. The Morgan fingerprint density at radius 1 is 1.47 bits per heavy atom. The molecule has 1 aromatic carbocycles. The number of oxazole rings is 1. The van der Waals surface area contributed by atoms with Crippen molar-refractivity contribution in [3.63, 3.8) is 0 Å². The van der Waals surface area contributed by atoms with E-state index in [1.54, 1.807) is 0 Å². The molecule has 2 rings (SSSR count). The van der Waals surface area contributed by atoms with Crippen molar-refractivity contribution < 1.29 is 4.42 Å². The predicted molar refractivity (Wildman–Crippen MR) is 72.6 cm³/mol. The van der Waals surface area contributed by atoms with Crippen molar-refractivity contribution in [1.29, 1.82) is 0 Å². The molecule has 92 valence electrons. The van der Waals surface area contributed by atoms with Gasteiger partial charge < -0.3 is 4.42 Å². The molecular weight excluding hydrogens is 282 g/mol. The number of aromatic amines is 1. The van der Waals surface area contributed by atoms with Crippen LogP contribution in [0.4, 0.5) is 0 Å². The lowest BCUT2D eigenvalue weighted by atomic mass is 9.97. The standard InChI is InChI=1S/C13H16BrNO2/c1-3-4-8(2)12(14)9-5-6-10-11(7-9)17-13(16)15-10/h5-8,12H,3-4H2,1-2H3,(H,15,16). The summed E-state index contributed by atoms with van der Waals surface area (Å²) in [7, 11) is 0. The van der Waals surface area contributed by atoms with Crippen LogP contribution in [-0.4, -0.2) is 4.98 Å². The first-order chi connectivity index (χ1) is 8.11. The largest absolute Gasteiger partial charge is 0.417 e. The third-order valence-electron chi connectivity index (χ3n) is 3.01. The van der Waals surface area contributed by atoms with Crippen molar-refractivity contribution in [2.24, 2.45) is 5.92 Å². The number of fused-ring (bicyclic) bond motifs is 1. The summed E-state index contributed by atoms with van der Waals surface area (Å²) >= 11 is 3.71. The predicted octanol–water partition coefficient (Wildman–Crippen LogP) is 3.99. The summed E-state index contributed by atoms with van der Waals surface area (Å²) in [5, 5.41) is 0. The molecule has 1 aromatic heterocycles. The van der Waals surface area contributed by atoms with Crippen LogP contribution in [0, 0.1) is 5.92 Å². The van der Waals surface area contributed by atoms with Gasteiger partial charge in [-0.15, -0.1) is 0 Å². The van der Waals surface area contributed by atoms with Crippen LogP contribution in [-0.2, 0) is 0 Å². The first kappa shape index (κ1) is 12.4. The highest BCUT2D eigenvalue weighted by molar-refractivity contribution is 9.09. The van der Waals surface area contributed by atoms with E-state index >= 15 is 0 Å². The molecule has 0 saturated heterocycles. The summed E-state index contributed by atoms with van der Waals surface area (Å²) in [6, 6.07) is 5.85. The summed E-state index contributed by atoms with van der Waals surface area (Å²) in [4.78, 5) is 14.0. The monoisotopic (exact) mass is 297 g/mol. The maximum atomic E-state index is 11.1. The lowest BCUT2D eigenvalue weighted by molar-refractivity contribution is 0.517. The van der Waals surface area contributed by atoms with Crippen molar-refractivity contribution in [3.8, 4) is 0 Å². The van der Waals surface area contributed by atoms with E-state index in [0.717, 1.165) is 11.1 Å². The Hall–Kier alpha value is -1.03. The molecule has 3 nitrogen and oxygen atoms in total. The average molecular weight is 298 g/mol. The maximum Gasteiger partial charge on any atom is 0.417 e. The molecule has 2 aromatic rings. The van der Waals surface area contributed by atoms with Gasteiger partial charge in [0, 0.05) is 4.83 Å². The lowest BCUT2D eigenvalue weighted by Crippen LogP contribution is -2.02. The maximum absolute atomic E-state index is 11.1. The number of nitrogens with one attached hydrogen (secondary N) is 1. The molecule has 0 amide bonds. The number of hydrogen-bond acceptors (Lipinski definition) is 2. The van der Waals surface area contributed by atoms with Crippen LogP contribution in [0.3, 0.4) is 0 Å². The highest BCUT2D eigenvalue weighted by Gasteiger charge is 2.16. The Bertz CT molecular complexity index is 558. The average Bonchev–Trinajstić information content (AvgIpc) is 2.67. The smallest absolute Gasteiger partial charge is 0.408 e. The van der Waals surface area contributed by atoms with Crippen molar-refractivity contribution >= 4 is 27.0 Å². The molecule has 0 aliphatic carbocycles. The van der Waals surface area contributed by atoms with Crippen LogP contribution >= 0.6 is 15.9 Å². The van der Waals surface area contributed by atoms with Gasteiger partial charge in [-0.1, -0.05) is 42.3 Å². The second-order valence-corrected chi connectivity index (χ2v) is 5.42. The Labute approximate surface area is 108 Å². The molecule has 0 saturated carbocycles. The molecule has 0 spiro atoms. The third kappa shape index (κ3) is 2.63. The summed E-state index contributed by atoms with van der Waals surface area (Å²) in [6.45, 7) is 4.41. The summed E-state index contributed by atoms with van der Waals surface area (Å²) < 4.78 is 5.07. The molecule has 0 radical (unpaired) electrons. The minimum Gasteiger partial charge on any atom is -0.408 e. The van der Waals surface area contributed by atoms with Crippen LogP contribution in [0.2, 0.25) is 0 Å². The molecular formula is C13H16BrNO2. The third-order valence-corrected chi connectivity index (χ3v) is 4.44. The number of rotatable bonds is 4. The first-order valence-electron chi connectivity index (χ1n) is 5.88. The second-order valence-electron chi connectivity index (χ2n) is 4.44. The molecule has 2 atom stereocenters. The van der Waals surface area contributed by atoms with E-state index in [9.17, 15) is 4.79 Å². The fourth-order valence-corrected chi connectivity index (χ4v) is 2.61. The molecule has 1 heterocycles. The SMILES string of the molecule is CCCC(C)C(Br)c1ccc2[nH]c(=O)oc2c1. The highest BCUT2D eigenvalue weighted by Crippen LogP contribution is 2.34. The van der Waals surface area contributed by atoms with E-state index in [-0.39, 0.29) is 0 Å². The van der Waals surface area contributed by atoms with Crippen LogP contribution in [0.1, 0.15) is 37.1 Å². The molecule has 4 heteroatoms. The second kappa shape index (κ2) is 5.08. The van der Waals surface area contributed by atoms with Gasteiger partial charge in [-0.25, -0.2) is 4.79 Å². The van der Waals surface area contributed by atoms with Gasteiger partial charge in [0.2, 0.25) is 0 Å². The Morgan fingerprint density at radius 2 is 2.24 bits per heavy atom. The number of alkyl halides is 1. The van der Waals surface area contributed by atoms with Crippen molar-refractivity contribution in [1.82, 2.24) is 4.98 Å². The summed E-state index contributed by atoms with van der Waals surface area (Å²) in [5.74, 6) is 0.160. The molecule has 0 bridgehead atoms. The summed E-state index contributed by atoms with van der Waals surface area (Å²) in [5.41, 5.74) is 2.53. The quantitative estimate of drug-likeness (QED) is 0.867. The lowest BCUT2D eigenvalue weighted by Gasteiger charge is -2.17. The van der Waals surface area contributed by atoms with Crippen LogP contribution in [0.15, 0.2) is 27.4 Å². The zero-order chi connectivity index (χ0) is 12.4. The molecule has 0 aliphatic heterocycles. The summed E-state index contributed by atoms with van der Waals surface area (Å²) in [6.07, 6.45) is 2.34. The molecule has 1 N–H and O–H groups in total. The van der Waals surface area contributed by atoms with Gasteiger partial charge >= 0.3 is 5.76 Å². The van der Waals surface area contributed by atoms with E-state index in [4.69, 9.17) is 4.42 Å². The fraction of sp³-hybridized carbons (Fsp3) is 0.462. The van der Waals surface area contributed by atoms with E-state index in [0.29, 0.717) is 16.3 Å². The van der Waals surface area contributed by atoms with Crippen LogP contribution in [0.5, 0.6) is 0 Å². The topological polar surface area (TPSA) is 46.0 Å². The van der Waals surface area contributed by atoms with Crippen molar-refractivity contribution in [2.75, 3.05) is 0 Å². The molecule has 17 heavy (non-hydrogen) atoms. The van der Waals surface area contributed by atoms with Gasteiger partial charge in [-0.2, -0.15) is 0 Å². The van der Waals surface area contributed by atoms with Crippen LogP contribution in [0.25, 0.3) is 11.1 Å². The number of aromatic nitrogens is 1. The van der Waals surface area contributed by atoms with E-state index < -0.39 is 5.76 Å². The van der Waals surface area contributed by atoms with Crippen molar-refractivity contribution in [2.45, 2.75) is 31.5 Å². The minimum absolute atomic E-state index is 0.298. The van der Waals surface area contributed by atoms with E-state index in [1.165, 1.54) is 12.8 Å². The zero-order valence-corrected chi connectivity index (χ0v) is 11.6. The highest BCUT2D eigenvalue weighted by atomic mass is 79.9. The van der Waals surface area contributed by atoms with Gasteiger partial charge in [0.1, 0.15) is 0 Å². The molecule has 2 unspecified atom stereocenters. The molecule has 0 fully saturated rings. The molecule has 0 aliphatic rings.